The summed E-state index contributed by atoms with van der Waals surface area (Å²) in [5, 5.41) is 2.93. The molecule has 0 radical (unpaired) electrons. The number of anilines is 1. The molecular formula is C21H25ClN2O4S. The molecule has 2 aromatic carbocycles. The second-order valence-corrected chi connectivity index (χ2v) is 9.74. The van der Waals surface area contributed by atoms with E-state index in [4.69, 9.17) is 16.3 Å². The predicted octanol–water partition coefficient (Wildman–Crippen LogP) is 4.01. The number of ether oxygens (including phenoxy) is 1. The zero-order chi connectivity index (χ0) is 21.3. The van der Waals surface area contributed by atoms with Crippen molar-refractivity contribution in [2.75, 3.05) is 18.4 Å². The third-order valence-electron chi connectivity index (χ3n) is 5.05. The Morgan fingerprint density at radius 2 is 1.79 bits per heavy atom. The molecule has 1 heterocycles. The third kappa shape index (κ3) is 4.64. The topological polar surface area (TPSA) is 75.7 Å². The number of hydrogen-bond donors (Lipinski definition) is 1. The average Bonchev–Trinajstić information content (AvgIpc) is 2.64. The van der Waals surface area contributed by atoms with Crippen LogP contribution < -0.4 is 5.32 Å². The van der Waals surface area contributed by atoms with Crippen LogP contribution in [0.1, 0.15) is 35.3 Å². The van der Waals surface area contributed by atoms with Crippen molar-refractivity contribution >= 4 is 33.2 Å². The van der Waals surface area contributed by atoms with E-state index in [1.165, 1.54) is 22.5 Å². The van der Waals surface area contributed by atoms with Crippen LogP contribution >= 0.6 is 11.6 Å². The second kappa shape index (κ2) is 8.44. The molecule has 6 nitrogen and oxygen atoms in total. The molecule has 156 valence electrons. The van der Waals surface area contributed by atoms with Crippen LogP contribution in [0.5, 0.6) is 0 Å². The zero-order valence-electron chi connectivity index (χ0n) is 16.9. The van der Waals surface area contributed by atoms with Crippen molar-refractivity contribution in [3.8, 4) is 0 Å². The van der Waals surface area contributed by atoms with E-state index in [0.29, 0.717) is 5.69 Å². The van der Waals surface area contributed by atoms with Gasteiger partial charge in [0.1, 0.15) is 4.90 Å². The lowest BCUT2D eigenvalue weighted by atomic mass is 10.1. The van der Waals surface area contributed by atoms with E-state index < -0.39 is 15.9 Å². The number of nitrogens with zero attached hydrogens (tertiary/aromatic N) is 1. The van der Waals surface area contributed by atoms with E-state index in [0.717, 1.165) is 11.1 Å². The van der Waals surface area contributed by atoms with Crippen molar-refractivity contribution in [1.29, 1.82) is 0 Å². The molecule has 0 bridgehead atoms. The molecule has 1 aliphatic rings. The first-order valence-corrected chi connectivity index (χ1v) is 11.2. The molecule has 1 fully saturated rings. The average molecular weight is 437 g/mol. The van der Waals surface area contributed by atoms with Gasteiger partial charge in [-0.1, -0.05) is 23.7 Å². The Bertz CT molecular complexity index is 1030. The summed E-state index contributed by atoms with van der Waals surface area (Å²) in [5.74, 6) is -0.393. The van der Waals surface area contributed by atoms with Crippen molar-refractivity contribution in [1.82, 2.24) is 4.31 Å². The van der Waals surface area contributed by atoms with Crippen LogP contribution in [-0.4, -0.2) is 43.9 Å². The molecule has 1 aliphatic heterocycles. The van der Waals surface area contributed by atoms with Crippen molar-refractivity contribution in [2.45, 2.75) is 44.8 Å². The van der Waals surface area contributed by atoms with Gasteiger partial charge in [-0.15, -0.1) is 0 Å². The number of sulfonamides is 1. The first-order chi connectivity index (χ1) is 13.6. The fraction of sp³-hybridized carbons (Fsp3) is 0.381. The number of morpholine rings is 1. The van der Waals surface area contributed by atoms with Gasteiger partial charge in [-0.3, -0.25) is 4.79 Å². The van der Waals surface area contributed by atoms with Crippen LogP contribution in [0, 0.1) is 13.8 Å². The van der Waals surface area contributed by atoms with Gasteiger partial charge in [0, 0.05) is 24.3 Å². The van der Waals surface area contributed by atoms with Crippen LogP contribution in [-0.2, 0) is 14.8 Å². The second-order valence-electron chi connectivity index (χ2n) is 7.43. The van der Waals surface area contributed by atoms with Gasteiger partial charge in [0.2, 0.25) is 10.0 Å². The number of aryl methyl sites for hydroxylation is 1. The number of halogens is 1. The lowest BCUT2D eigenvalue weighted by molar-refractivity contribution is -0.0440. The number of hydrogen-bond acceptors (Lipinski definition) is 4. The number of rotatable bonds is 4. The van der Waals surface area contributed by atoms with Crippen LogP contribution in [0.25, 0.3) is 0 Å². The van der Waals surface area contributed by atoms with Gasteiger partial charge in [0.15, 0.2) is 0 Å². The highest BCUT2D eigenvalue weighted by atomic mass is 35.5. The van der Waals surface area contributed by atoms with Gasteiger partial charge in [-0.2, -0.15) is 4.31 Å². The zero-order valence-corrected chi connectivity index (χ0v) is 18.5. The van der Waals surface area contributed by atoms with E-state index in [1.54, 1.807) is 0 Å². The van der Waals surface area contributed by atoms with Gasteiger partial charge in [-0.05, 0) is 63.1 Å². The summed E-state index contributed by atoms with van der Waals surface area (Å²) >= 11 is 6.21. The number of benzene rings is 2. The van der Waals surface area contributed by atoms with E-state index in [-0.39, 0.29) is 40.8 Å². The fourth-order valence-corrected chi connectivity index (χ4v) is 5.48. The molecule has 3 rings (SSSR count). The molecule has 0 unspecified atom stereocenters. The maximum absolute atomic E-state index is 13.2. The van der Waals surface area contributed by atoms with Gasteiger partial charge in [0.25, 0.3) is 5.91 Å². The minimum absolute atomic E-state index is 0.0749. The Labute approximate surface area is 176 Å². The Kier molecular flexibility index (Phi) is 6.33. The molecular weight excluding hydrogens is 412 g/mol. The van der Waals surface area contributed by atoms with Crippen molar-refractivity contribution in [3.63, 3.8) is 0 Å². The van der Waals surface area contributed by atoms with E-state index in [1.807, 2.05) is 45.9 Å². The summed E-state index contributed by atoms with van der Waals surface area (Å²) in [6.07, 6.45) is -0.439. The number of nitrogens with one attached hydrogen (secondary N) is 1. The van der Waals surface area contributed by atoms with Crippen molar-refractivity contribution in [2.24, 2.45) is 0 Å². The Hall–Kier alpha value is -1.93. The summed E-state index contributed by atoms with van der Waals surface area (Å²) in [6.45, 7) is 8.01. The molecule has 29 heavy (non-hydrogen) atoms. The summed E-state index contributed by atoms with van der Waals surface area (Å²) in [6, 6.07) is 9.93. The predicted molar refractivity (Wildman–Crippen MR) is 114 cm³/mol. The summed E-state index contributed by atoms with van der Waals surface area (Å²) < 4.78 is 33.4. The smallest absolute Gasteiger partial charge is 0.255 e. The number of carbonyl (C=O) groups excluding carboxylic acids is 1. The molecule has 8 heteroatoms. The van der Waals surface area contributed by atoms with Crippen molar-refractivity contribution in [3.05, 3.63) is 58.1 Å². The molecule has 2 aromatic rings. The molecule has 0 saturated carbocycles. The highest BCUT2D eigenvalue weighted by Crippen LogP contribution is 2.28. The van der Waals surface area contributed by atoms with E-state index in [9.17, 15) is 13.2 Å². The SMILES string of the molecule is Cc1cccc(NC(=O)c2ccc(Cl)c(S(=O)(=O)N3C[C@H](C)O[C@@H](C)C3)c2)c1C. The standard InChI is InChI=1S/C21H25ClN2O4S/c1-13-6-5-7-19(16(13)4)23-21(25)17-8-9-18(22)20(10-17)29(26,27)24-11-14(2)28-15(3)12-24/h5-10,14-15H,11-12H2,1-4H3,(H,23,25)/t14-,15-/m0/s1. The normalized spacial score (nSPS) is 20.4. The monoisotopic (exact) mass is 436 g/mol. The number of carbonyl (C=O) groups is 1. The van der Waals surface area contributed by atoms with Crippen LogP contribution in [0.4, 0.5) is 5.69 Å². The first kappa shape index (κ1) is 21.8. The molecule has 0 aliphatic carbocycles. The lowest BCUT2D eigenvalue weighted by Gasteiger charge is -2.34. The quantitative estimate of drug-likeness (QED) is 0.785. The molecule has 0 aromatic heterocycles. The minimum atomic E-state index is -3.86. The summed E-state index contributed by atoms with van der Waals surface area (Å²) in [5.41, 5.74) is 2.92. The highest BCUT2D eigenvalue weighted by molar-refractivity contribution is 7.89. The van der Waals surface area contributed by atoms with Gasteiger partial charge in [-0.25, -0.2) is 8.42 Å². The van der Waals surface area contributed by atoms with Crippen molar-refractivity contribution < 1.29 is 17.9 Å². The Morgan fingerprint density at radius 3 is 2.45 bits per heavy atom. The molecule has 2 atom stereocenters. The molecule has 1 saturated heterocycles. The molecule has 1 N–H and O–H groups in total. The van der Waals surface area contributed by atoms with Crippen LogP contribution in [0.15, 0.2) is 41.3 Å². The highest BCUT2D eigenvalue weighted by Gasteiger charge is 2.33. The lowest BCUT2D eigenvalue weighted by Crippen LogP contribution is -2.48. The molecule has 0 spiro atoms. The van der Waals surface area contributed by atoms with Gasteiger partial charge >= 0.3 is 0 Å². The van der Waals surface area contributed by atoms with Crippen LogP contribution in [0.3, 0.4) is 0 Å². The Balaban J connectivity index is 1.91. The van der Waals surface area contributed by atoms with Gasteiger partial charge < -0.3 is 10.1 Å². The van der Waals surface area contributed by atoms with Gasteiger partial charge in [0.05, 0.1) is 17.2 Å². The third-order valence-corrected chi connectivity index (χ3v) is 7.36. The summed E-state index contributed by atoms with van der Waals surface area (Å²) in [4.78, 5) is 12.7. The maximum atomic E-state index is 13.2. The Morgan fingerprint density at radius 1 is 1.14 bits per heavy atom. The number of amides is 1. The fourth-order valence-electron chi connectivity index (χ4n) is 3.39. The van der Waals surface area contributed by atoms with E-state index >= 15 is 0 Å². The minimum Gasteiger partial charge on any atom is -0.373 e. The first-order valence-electron chi connectivity index (χ1n) is 9.42. The molecule has 1 amide bonds. The largest absolute Gasteiger partial charge is 0.373 e. The maximum Gasteiger partial charge on any atom is 0.255 e. The van der Waals surface area contributed by atoms with Crippen LogP contribution in [0.2, 0.25) is 5.02 Å². The van der Waals surface area contributed by atoms with E-state index in [2.05, 4.69) is 5.32 Å². The summed E-state index contributed by atoms with van der Waals surface area (Å²) in [7, 11) is -3.86.